The normalized spacial score (nSPS) is 15.0. The van der Waals surface area contributed by atoms with Crippen LogP contribution >= 0.6 is 0 Å². The molecular formula is C18H22N4O2. The third-order valence-electron chi connectivity index (χ3n) is 4.23. The number of hydrogen-bond donors (Lipinski definition) is 1. The summed E-state index contributed by atoms with van der Waals surface area (Å²) in [5.74, 6) is 0.0664. The molecule has 2 heterocycles. The monoisotopic (exact) mass is 326 g/mol. The van der Waals surface area contributed by atoms with Crippen molar-refractivity contribution in [2.24, 2.45) is 0 Å². The molecule has 1 aromatic carbocycles. The molecule has 126 valence electrons. The molecule has 0 unspecified atom stereocenters. The summed E-state index contributed by atoms with van der Waals surface area (Å²) in [5.41, 5.74) is 1.76. The van der Waals surface area contributed by atoms with Crippen LogP contribution in [0.15, 0.2) is 48.8 Å². The molecule has 0 radical (unpaired) electrons. The summed E-state index contributed by atoms with van der Waals surface area (Å²) < 4.78 is 1.99. The highest BCUT2D eigenvalue weighted by atomic mass is 16.2. The number of nitrogens with one attached hydrogen (secondary N) is 1. The number of nitrogens with zero attached hydrogens (tertiary/aromatic N) is 3. The first-order chi connectivity index (χ1) is 11.6. The SMILES string of the molecule is CC(=O)N1CCCN(C(=O)Nc2cccc(-n3cccc3)c2)CC1. The lowest BCUT2D eigenvalue weighted by Crippen LogP contribution is -2.38. The van der Waals surface area contributed by atoms with E-state index in [1.807, 2.05) is 53.4 Å². The number of hydrogen-bond acceptors (Lipinski definition) is 2. The molecule has 0 aliphatic carbocycles. The van der Waals surface area contributed by atoms with Crippen molar-refractivity contribution in [3.05, 3.63) is 48.8 Å². The van der Waals surface area contributed by atoms with Crippen molar-refractivity contribution in [2.45, 2.75) is 13.3 Å². The zero-order valence-electron chi connectivity index (χ0n) is 13.8. The van der Waals surface area contributed by atoms with Crippen molar-refractivity contribution in [3.8, 4) is 5.69 Å². The van der Waals surface area contributed by atoms with Gasteiger partial charge >= 0.3 is 6.03 Å². The predicted octanol–water partition coefficient (Wildman–Crippen LogP) is 2.56. The highest BCUT2D eigenvalue weighted by Gasteiger charge is 2.20. The van der Waals surface area contributed by atoms with Crippen LogP contribution in [0.2, 0.25) is 0 Å². The number of urea groups is 1. The molecule has 24 heavy (non-hydrogen) atoms. The predicted molar refractivity (Wildman–Crippen MR) is 93.2 cm³/mol. The van der Waals surface area contributed by atoms with Crippen LogP contribution in [-0.2, 0) is 4.79 Å². The molecular weight excluding hydrogens is 304 g/mol. The standard InChI is InChI=1S/C18H22N4O2/c1-15(23)20-10-5-11-22(13-12-20)18(24)19-16-6-4-7-17(14-16)21-8-2-3-9-21/h2-4,6-9,14H,5,10-13H2,1H3,(H,19,24). The maximum atomic E-state index is 12.5. The van der Waals surface area contributed by atoms with E-state index in [0.29, 0.717) is 26.2 Å². The second-order valence-electron chi connectivity index (χ2n) is 5.92. The Morgan fingerprint density at radius 1 is 0.958 bits per heavy atom. The molecule has 0 spiro atoms. The van der Waals surface area contributed by atoms with E-state index in [1.165, 1.54) is 0 Å². The Bertz CT molecular complexity index is 712. The Morgan fingerprint density at radius 2 is 1.67 bits per heavy atom. The first kappa shape index (κ1) is 16.1. The minimum Gasteiger partial charge on any atom is -0.341 e. The molecule has 3 amide bonds. The summed E-state index contributed by atoms with van der Waals surface area (Å²) in [6.45, 7) is 4.09. The van der Waals surface area contributed by atoms with Crippen molar-refractivity contribution in [3.63, 3.8) is 0 Å². The van der Waals surface area contributed by atoms with Crippen LogP contribution in [-0.4, -0.2) is 52.5 Å². The van der Waals surface area contributed by atoms with Gasteiger partial charge in [-0.25, -0.2) is 4.79 Å². The highest BCUT2D eigenvalue weighted by Crippen LogP contribution is 2.16. The summed E-state index contributed by atoms with van der Waals surface area (Å²) >= 11 is 0. The first-order valence-electron chi connectivity index (χ1n) is 8.18. The summed E-state index contributed by atoms with van der Waals surface area (Å²) in [7, 11) is 0. The van der Waals surface area contributed by atoms with Crippen LogP contribution in [0.3, 0.4) is 0 Å². The smallest absolute Gasteiger partial charge is 0.321 e. The van der Waals surface area contributed by atoms with Gasteiger partial charge in [0.15, 0.2) is 0 Å². The van der Waals surface area contributed by atoms with Crippen LogP contribution in [0.4, 0.5) is 10.5 Å². The van der Waals surface area contributed by atoms with Gasteiger partial charge in [-0.2, -0.15) is 0 Å². The minimum absolute atomic E-state index is 0.0664. The van der Waals surface area contributed by atoms with E-state index in [-0.39, 0.29) is 11.9 Å². The van der Waals surface area contributed by atoms with Gasteiger partial charge in [-0.15, -0.1) is 0 Å². The Hall–Kier alpha value is -2.76. The Balaban J connectivity index is 1.64. The molecule has 1 aliphatic heterocycles. The average Bonchev–Trinajstić information content (AvgIpc) is 2.99. The molecule has 1 N–H and O–H groups in total. The van der Waals surface area contributed by atoms with Crippen molar-refractivity contribution in [1.29, 1.82) is 0 Å². The highest BCUT2D eigenvalue weighted by molar-refractivity contribution is 5.89. The van der Waals surface area contributed by atoms with E-state index in [4.69, 9.17) is 0 Å². The molecule has 1 aliphatic rings. The molecule has 3 rings (SSSR count). The molecule has 1 aromatic heterocycles. The van der Waals surface area contributed by atoms with Crippen molar-refractivity contribution >= 4 is 17.6 Å². The Morgan fingerprint density at radius 3 is 2.42 bits per heavy atom. The van der Waals surface area contributed by atoms with Crippen LogP contribution in [0.5, 0.6) is 0 Å². The molecule has 2 aromatic rings. The fourth-order valence-corrected chi connectivity index (χ4v) is 2.89. The minimum atomic E-state index is -0.120. The number of anilines is 1. The summed E-state index contributed by atoms with van der Waals surface area (Å²) in [6, 6.07) is 11.5. The van der Waals surface area contributed by atoms with Crippen molar-refractivity contribution in [1.82, 2.24) is 14.4 Å². The summed E-state index contributed by atoms with van der Waals surface area (Å²) in [6.07, 6.45) is 4.73. The van der Waals surface area contributed by atoms with Crippen LogP contribution in [0.25, 0.3) is 5.69 Å². The third-order valence-corrected chi connectivity index (χ3v) is 4.23. The van der Waals surface area contributed by atoms with Crippen molar-refractivity contribution < 1.29 is 9.59 Å². The van der Waals surface area contributed by atoms with Gasteiger partial charge in [0.1, 0.15) is 0 Å². The summed E-state index contributed by atoms with van der Waals surface area (Å²) in [5, 5.41) is 2.96. The first-order valence-corrected chi connectivity index (χ1v) is 8.18. The van der Waals surface area contributed by atoms with Gasteiger partial charge < -0.3 is 19.7 Å². The van der Waals surface area contributed by atoms with E-state index >= 15 is 0 Å². The van der Waals surface area contributed by atoms with Gasteiger partial charge in [0.25, 0.3) is 0 Å². The zero-order chi connectivity index (χ0) is 16.9. The lowest BCUT2D eigenvalue weighted by molar-refractivity contribution is -0.128. The fraction of sp³-hybridized carbons (Fsp3) is 0.333. The molecule has 0 bridgehead atoms. The van der Waals surface area contributed by atoms with E-state index in [2.05, 4.69) is 5.32 Å². The van der Waals surface area contributed by atoms with Crippen molar-refractivity contribution in [2.75, 3.05) is 31.5 Å². The zero-order valence-corrected chi connectivity index (χ0v) is 13.8. The second-order valence-corrected chi connectivity index (χ2v) is 5.92. The van der Waals surface area contributed by atoms with Crippen LogP contribution < -0.4 is 5.32 Å². The number of carbonyl (C=O) groups excluding carboxylic acids is 2. The van der Waals surface area contributed by atoms with Gasteiger partial charge in [0, 0.05) is 56.9 Å². The van der Waals surface area contributed by atoms with Gasteiger partial charge in [-0.1, -0.05) is 6.07 Å². The van der Waals surface area contributed by atoms with Crippen LogP contribution in [0.1, 0.15) is 13.3 Å². The molecule has 6 nitrogen and oxygen atoms in total. The average molecular weight is 326 g/mol. The van der Waals surface area contributed by atoms with Crippen LogP contribution in [0, 0.1) is 0 Å². The number of amides is 3. The second kappa shape index (κ2) is 7.21. The fourth-order valence-electron chi connectivity index (χ4n) is 2.89. The number of aromatic nitrogens is 1. The van der Waals surface area contributed by atoms with E-state index < -0.39 is 0 Å². The van der Waals surface area contributed by atoms with E-state index in [0.717, 1.165) is 17.8 Å². The Kier molecular flexibility index (Phi) is 4.84. The molecule has 6 heteroatoms. The van der Waals surface area contributed by atoms with Gasteiger partial charge in [-0.3, -0.25) is 4.79 Å². The maximum Gasteiger partial charge on any atom is 0.321 e. The third kappa shape index (κ3) is 3.76. The quantitative estimate of drug-likeness (QED) is 0.922. The number of rotatable bonds is 2. The van der Waals surface area contributed by atoms with Gasteiger partial charge in [0.2, 0.25) is 5.91 Å². The molecule has 1 saturated heterocycles. The molecule has 0 atom stereocenters. The maximum absolute atomic E-state index is 12.5. The lowest BCUT2D eigenvalue weighted by atomic mass is 10.2. The molecule has 0 saturated carbocycles. The Labute approximate surface area is 141 Å². The number of benzene rings is 1. The summed E-state index contributed by atoms with van der Waals surface area (Å²) in [4.78, 5) is 27.5. The van der Waals surface area contributed by atoms with E-state index in [1.54, 1.807) is 16.7 Å². The van der Waals surface area contributed by atoms with Gasteiger partial charge in [0.05, 0.1) is 0 Å². The largest absolute Gasteiger partial charge is 0.341 e. The molecule has 1 fully saturated rings. The van der Waals surface area contributed by atoms with Gasteiger partial charge in [-0.05, 0) is 36.8 Å². The topological polar surface area (TPSA) is 57.6 Å². The lowest BCUT2D eigenvalue weighted by Gasteiger charge is -2.22. The van der Waals surface area contributed by atoms with E-state index in [9.17, 15) is 9.59 Å². The number of carbonyl (C=O) groups is 2.